The van der Waals surface area contributed by atoms with E-state index in [4.69, 9.17) is 0 Å². The summed E-state index contributed by atoms with van der Waals surface area (Å²) in [6.07, 6.45) is 1.30. The third-order valence-corrected chi connectivity index (χ3v) is 3.73. The summed E-state index contributed by atoms with van der Waals surface area (Å²) < 4.78 is 12.9. The number of hydrogen-bond acceptors (Lipinski definition) is 5. The van der Waals surface area contributed by atoms with E-state index in [1.165, 1.54) is 12.1 Å². The first-order chi connectivity index (χ1) is 10.6. The molecule has 1 aliphatic heterocycles. The summed E-state index contributed by atoms with van der Waals surface area (Å²) >= 11 is 0. The highest BCUT2D eigenvalue weighted by Crippen LogP contribution is 2.21. The molecule has 0 atom stereocenters. The number of aliphatic hydroxyl groups excluding tert-OH is 1. The maximum atomic E-state index is 12.9. The summed E-state index contributed by atoms with van der Waals surface area (Å²) in [5.41, 5.74) is 1.60. The molecule has 2 aromatic rings. The lowest BCUT2D eigenvalue weighted by Gasteiger charge is -2.30. The van der Waals surface area contributed by atoms with Gasteiger partial charge in [0.25, 0.3) is 0 Å². The minimum atomic E-state index is -0.275. The van der Waals surface area contributed by atoms with Crippen molar-refractivity contribution in [3.8, 4) is 0 Å². The van der Waals surface area contributed by atoms with E-state index in [9.17, 15) is 9.50 Å². The number of anilines is 3. The van der Waals surface area contributed by atoms with E-state index in [1.807, 2.05) is 13.0 Å². The molecule has 0 radical (unpaired) electrons. The van der Waals surface area contributed by atoms with Gasteiger partial charge in [-0.3, -0.25) is 0 Å². The van der Waals surface area contributed by atoms with Crippen molar-refractivity contribution in [2.75, 3.05) is 23.3 Å². The van der Waals surface area contributed by atoms with Crippen molar-refractivity contribution in [1.82, 2.24) is 9.97 Å². The zero-order valence-corrected chi connectivity index (χ0v) is 12.5. The molecule has 2 heterocycles. The monoisotopic (exact) mass is 302 g/mol. The lowest BCUT2D eigenvalue weighted by atomic mass is 10.1. The van der Waals surface area contributed by atoms with Crippen LogP contribution in [0.3, 0.4) is 0 Å². The molecule has 1 saturated heterocycles. The van der Waals surface area contributed by atoms with Crippen LogP contribution in [0.5, 0.6) is 0 Å². The van der Waals surface area contributed by atoms with Crippen LogP contribution in [-0.2, 0) is 0 Å². The number of hydrogen-bond donors (Lipinski definition) is 2. The maximum absolute atomic E-state index is 12.9. The van der Waals surface area contributed by atoms with E-state index in [0.29, 0.717) is 5.95 Å². The summed E-state index contributed by atoms with van der Waals surface area (Å²) in [5.74, 6) is 1.07. The number of aliphatic hydroxyl groups is 1. The molecule has 3 rings (SSSR count). The van der Waals surface area contributed by atoms with E-state index in [0.717, 1.165) is 43.1 Å². The largest absolute Gasteiger partial charge is 0.393 e. The van der Waals surface area contributed by atoms with Crippen molar-refractivity contribution in [3.63, 3.8) is 0 Å². The second-order valence-electron chi connectivity index (χ2n) is 5.54. The molecule has 1 aromatic carbocycles. The van der Waals surface area contributed by atoms with Crippen molar-refractivity contribution < 1.29 is 9.50 Å². The van der Waals surface area contributed by atoms with Gasteiger partial charge in [-0.15, -0.1) is 0 Å². The molecule has 2 N–H and O–H groups in total. The average molecular weight is 302 g/mol. The molecule has 1 aliphatic rings. The summed E-state index contributed by atoms with van der Waals surface area (Å²) in [6.45, 7) is 3.49. The van der Waals surface area contributed by atoms with Gasteiger partial charge in [-0.05, 0) is 44.0 Å². The first-order valence-electron chi connectivity index (χ1n) is 7.41. The Hall–Kier alpha value is -2.21. The number of nitrogens with one attached hydrogen (secondary N) is 1. The molecule has 22 heavy (non-hydrogen) atoms. The van der Waals surface area contributed by atoms with Gasteiger partial charge in [0.05, 0.1) is 6.10 Å². The molecule has 0 amide bonds. The first kappa shape index (κ1) is 14.7. The Morgan fingerprint density at radius 1 is 1.18 bits per heavy atom. The van der Waals surface area contributed by atoms with E-state index < -0.39 is 0 Å². The van der Waals surface area contributed by atoms with Gasteiger partial charge in [0, 0.05) is 30.5 Å². The molecule has 0 saturated carbocycles. The van der Waals surface area contributed by atoms with E-state index >= 15 is 0 Å². The number of aryl methyl sites for hydroxylation is 1. The van der Waals surface area contributed by atoms with Crippen molar-refractivity contribution >= 4 is 17.5 Å². The highest BCUT2D eigenvalue weighted by Gasteiger charge is 2.19. The molecule has 1 fully saturated rings. The standard InChI is InChI=1S/C16H19FN4O/c1-11-10-15(21-8-6-14(22)7-9-21)20-16(18-11)19-13-4-2-12(17)3-5-13/h2-5,10,14,22H,6-9H2,1H3,(H,18,19,20). The van der Waals surface area contributed by atoms with Crippen molar-refractivity contribution in [2.45, 2.75) is 25.9 Å². The number of halogens is 1. The average Bonchev–Trinajstić information content (AvgIpc) is 2.50. The highest BCUT2D eigenvalue weighted by atomic mass is 19.1. The van der Waals surface area contributed by atoms with Gasteiger partial charge in [-0.2, -0.15) is 4.98 Å². The number of piperidine rings is 1. The number of rotatable bonds is 3. The van der Waals surface area contributed by atoms with E-state index in [1.54, 1.807) is 12.1 Å². The van der Waals surface area contributed by atoms with Crippen molar-refractivity contribution in [3.05, 3.63) is 41.8 Å². The molecular weight excluding hydrogens is 283 g/mol. The molecule has 6 heteroatoms. The molecule has 0 aliphatic carbocycles. The molecule has 0 bridgehead atoms. The van der Waals surface area contributed by atoms with Gasteiger partial charge < -0.3 is 15.3 Å². The van der Waals surface area contributed by atoms with Crippen LogP contribution >= 0.6 is 0 Å². The minimum absolute atomic E-state index is 0.212. The predicted molar refractivity (Wildman–Crippen MR) is 83.9 cm³/mol. The van der Waals surface area contributed by atoms with Crippen LogP contribution in [0.1, 0.15) is 18.5 Å². The molecule has 0 unspecified atom stereocenters. The zero-order valence-electron chi connectivity index (χ0n) is 12.5. The van der Waals surface area contributed by atoms with Gasteiger partial charge in [0.2, 0.25) is 5.95 Å². The van der Waals surface area contributed by atoms with Crippen LogP contribution in [0, 0.1) is 12.7 Å². The van der Waals surface area contributed by atoms with Gasteiger partial charge in [0.1, 0.15) is 11.6 Å². The third-order valence-electron chi connectivity index (χ3n) is 3.73. The van der Waals surface area contributed by atoms with Crippen molar-refractivity contribution in [1.29, 1.82) is 0 Å². The second-order valence-corrected chi connectivity index (χ2v) is 5.54. The highest BCUT2D eigenvalue weighted by molar-refractivity contribution is 5.55. The van der Waals surface area contributed by atoms with Crippen LogP contribution in [0.25, 0.3) is 0 Å². The topological polar surface area (TPSA) is 61.3 Å². The van der Waals surface area contributed by atoms with Crippen LogP contribution in [0.4, 0.5) is 21.8 Å². The van der Waals surface area contributed by atoms with Crippen molar-refractivity contribution in [2.24, 2.45) is 0 Å². The molecular formula is C16H19FN4O. The Balaban J connectivity index is 1.79. The SMILES string of the molecule is Cc1cc(N2CCC(O)CC2)nc(Nc2ccc(F)cc2)n1. The van der Waals surface area contributed by atoms with Crippen LogP contribution in [0.2, 0.25) is 0 Å². The quantitative estimate of drug-likeness (QED) is 0.912. The molecule has 0 spiro atoms. The minimum Gasteiger partial charge on any atom is -0.393 e. The number of nitrogens with zero attached hydrogens (tertiary/aromatic N) is 3. The maximum Gasteiger partial charge on any atom is 0.229 e. The normalized spacial score (nSPS) is 15.9. The summed E-state index contributed by atoms with van der Waals surface area (Å²) in [4.78, 5) is 11.0. The fraction of sp³-hybridized carbons (Fsp3) is 0.375. The summed E-state index contributed by atoms with van der Waals surface area (Å²) in [6, 6.07) is 8.03. The predicted octanol–water partition coefficient (Wildman–Crippen LogP) is 2.63. The van der Waals surface area contributed by atoms with Gasteiger partial charge in [0.15, 0.2) is 0 Å². The van der Waals surface area contributed by atoms with E-state index in [2.05, 4.69) is 20.2 Å². The lowest BCUT2D eigenvalue weighted by molar-refractivity contribution is 0.145. The first-order valence-corrected chi connectivity index (χ1v) is 7.41. The molecule has 1 aromatic heterocycles. The summed E-state index contributed by atoms with van der Waals surface area (Å²) in [5, 5.41) is 12.7. The fourth-order valence-electron chi connectivity index (χ4n) is 2.53. The van der Waals surface area contributed by atoms with Crippen LogP contribution < -0.4 is 10.2 Å². The third kappa shape index (κ3) is 3.51. The second kappa shape index (κ2) is 6.27. The van der Waals surface area contributed by atoms with Gasteiger partial charge in [-0.25, -0.2) is 9.37 Å². The summed E-state index contributed by atoms with van der Waals surface area (Å²) in [7, 11) is 0. The smallest absolute Gasteiger partial charge is 0.229 e. The van der Waals surface area contributed by atoms with Gasteiger partial charge in [-0.1, -0.05) is 0 Å². The number of aromatic nitrogens is 2. The van der Waals surface area contributed by atoms with Crippen LogP contribution in [0.15, 0.2) is 30.3 Å². The Morgan fingerprint density at radius 3 is 2.55 bits per heavy atom. The molecule has 116 valence electrons. The fourth-order valence-corrected chi connectivity index (χ4v) is 2.53. The zero-order chi connectivity index (χ0) is 15.5. The Bertz CT molecular complexity index is 639. The lowest BCUT2D eigenvalue weighted by Crippen LogP contribution is -2.36. The Labute approximate surface area is 128 Å². The number of benzene rings is 1. The van der Waals surface area contributed by atoms with Gasteiger partial charge >= 0.3 is 0 Å². The van der Waals surface area contributed by atoms with Crippen LogP contribution in [-0.4, -0.2) is 34.3 Å². The molecule has 5 nitrogen and oxygen atoms in total. The Morgan fingerprint density at radius 2 is 1.86 bits per heavy atom. The van der Waals surface area contributed by atoms with E-state index in [-0.39, 0.29) is 11.9 Å². The Kier molecular flexibility index (Phi) is 4.20.